The van der Waals surface area contributed by atoms with E-state index < -0.39 is 5.97 Å². The number of carboxylic acid groups (broad SMARTS) is 1. The molecule has 1 aliphatic heterocycles. The molecule has 0 unspecified atom stereocenters. The molecule has 0 aliphatic carbocycles. The van der Waals surface area contributed by atoms with Crippen LogP contribution in [0.4, 0.5) is 5.69 Å². The number of anilines is 1. The SMILES string of the molecule is O=C(O)CCc1ccccc1NC(=O)CC1CCSCC1. The summed E-state index contributed by atoms with van der Waals surface area (Å²) in [5, 5.41) is 11.7. The molecule has 114 valence electrons. The maximum atomic E-state index is 12.1. The van der Waals surface area contributed by atoms with E-state index in [9.17, 15) is 9.59 Å². The van der Waals surface area contributed by atoms with Gasteiger partial charge in [-0.25, -0.2) is 0 Å². The Morgan fingerprint density at radius 1 is 1.24 bits per heavy atom. The minimum atomic E-state index is -0.823. The van der Waals surface area contributed by atoms with Crippen molar-refractivity contribution in [2.75, 3.05) is 16.8 Å². The molecule has 1 aromatic carbocycles. The van der Waals surface area contributed by atoms with Gasteiger partial charge in [-0.2, -0.15) is 11.8 Å². The molecule has 0 saturated carbocycles. The summed E-state index contributed by atoms with van der Waals surface area (Å²) < 4.78 is 0. The maximum absolute atomic E-state index is 12.1. The van der Waals surface area contributed by atoms with Crippen molar-refractivity contribution in [3.05, 3.63) is 29.8 Å². The van der Waals surface area contributed by atoms with E-state index in [0.717, 1.165) is 35.6 Å². The summed E-state index contributed by atoms with van der Waals surface area (Å²) in [6, 6.07) is 7.43. The van der Waals surface area contributed by atoms with Crippen molar-refractivity contribution < 1.29 is 14.7 Å². The van der Waals surface area contributed by atoms with E-state index in [-0.39, 0.29) is 12.3 Å². The number of carbonyl (C=O) groups excluding carboxylic acids is 1. The molecule has 0 spiro atoms. The molecule has 1 saturated heterocycles. The van der Waals surface area contributed by atoms with E-state index >= 15 is 0 Å². The zero-order chi connectivity index (χ0) is 15.1. The number of hydrogen-bond donors (Lipinski definition) is 2. The van der Waals surface area contributed by atoms with Crippen LogP contribution in [-0.4, -0.2) is 28.5 Å². The van der Waals surface area contributed by atoms with Crippen molar-refractivity contribution in [2.24, 2.45) is 5.92 Å². The topological polar surface area (TPSA) is 66.4 Å². The van der Waals surface area contributed by atoms with E-state index in [4.69, 9.17) is 5.11 Å². The average molecular weight is 307 g/mol. The van der Waals surface area contributed by atoms with Crippen LogP contribution in [0.5, 0.6) is 0 Å². The zero-order valence-electron chi connectivity index (χ0n) is 12.0. The second kappa shape index (κ2) is 8.08. The molecule has 0 radical (unpaired) electrons. The number of thioether (sulfide) groups is 1. The minimum absolute atomic E-state index is 0.0367. The van der Waals surface area contributed by atoms with Gasteiger partial charge in [0.05, 0.1) is 0 Å². The Hall–Kier alpha value is -1.49. The molecule has 1 amide bonds. The van der Waals surface area contributed by atoms with Crippen LogP contribution in [0.1, 0.15) is 31.2 Å². The highest BCUT2D eigenvalue weighted by molar-refractivity contribution is 7.99. The van der Waals surface area contributed by atoms with E-state index in [1.165, 1.54) is 0 Å². The molecule has 5 heteroatoms. The first-order chi connectivity index (χ1) is 10.1. The number of hydrogen-bond acceptors (Lipinski definition) is 3. The first-order valence-corrected chi connectivity index (χ1v) is 8.48. The molecule has 0 atom stereocenters. The number of carboxylic acids is 1. The molecule has 0 aromatic heterocycles. The fraction of sp³-hybridized carbons (Fsp3) is 0.500. The van der Waals surface area contributed by atoms with Gasteiger partial charge >= 0.3 is 5.97 Å². The van der Waals surface area contributed by atoms with Gasteiger partial charge in [-0.1, -0.05) is 18.2 Å². The molecule has 4 nitrogen and oxygen atoms in total. The lowest BCUT2D eigenvalue weighted by atomic mass is 9.98. The summed E-state index contributed by atoms with van der Waals surface area (Å²) in [6.07, 6.45) is 3.30. The Morgan fingerprint density at radius 3 is 2.67 bits per heavy atom. The second-order valence-electron chi connectivity index (χ2n) is 5.36. The number of nitrogens with one attached hydrogen (secondary N) is 1. The quantitative estimate of drug-likeness (QED) is 0.847. The Kier molecular flexibility index (Phi) is 6.11. The summed E-state index contributed by atoms with van der Waals surface area (Å²) in [4.78, 5) is 22.8. The van der Waals surface area contributed by atoms with Gasteiger partial charge in [-0.15, -0.1) is 0 Å². The predicted octanol–water partition coefficient (Wildman–Crippen LogP) is 3.18. The van der Waals surface area contributed by atoms with Gasteiger partial charge in [0.1, 0.15) is 0 Å². The number of aliphatic carboxylic acids is 1. The normalized spacial score (nSPS) is 15.6. The van der Waals surface area contributed by atoms with Gasteiger partial charge in [0.15, 0.2) is 0 Å². The third-order valence-corrected chi connectivity index (χ3v) is 4.76. The number of aryl methyl sites for hydroxylation is 1. The summed E-state index contributed by atoms with van der Waals surface area (Å²) in [5.41, 5.74) is 1.63. The standard InChI is InChI=1S/C16H21NO3S/c18-15(11-12-7-9-21-10-8-12)17-14-4-2-1-3-13(14)5-6-16(19)20/h1-4,12H,5-11H2,(H,17,18)(H,19,20). The van der Waals surface area contributed by atoms with Crippen LogP contribution in [0, 0.1) is 5.92 Å². The Morgan fingerprint density at radius 2 is 1.95 bits per heavy atom. The predicted molar refractivity (Wildman–Crippen MR) is 85.7 cm³/mol. The molecule has 0 bridgehead atoms. The van der Waals surface area contributed by atoms with Crippen LogP contribution in [0.3, 0.4) is 0 Å². The summed E-state index contributed by atoms with van der Waals surface area (Å²) in [6.45, 7) is 0. The van der Waals surface area contributed by atoms with Gasteiger partial charge in [0.25, 0.3) is 0 Å². The largest absolute Gasteiger partial charge is 0.481 e. The van der Waals surface area contributed by atoms with E-state index in [1.54, 1.807) is 0 Å². The van der Waals surface area contributed by atoms with Crippen LogP contribution in [-0.2, 0) is 16.0 Å². The molecule has 1 aliphatic rings. The van der Waals surface area contributed by atoms with Gasteiger partial charge in [-0.05, 0) is 48.3 Å². The minimum Gasteiger partial charge on any atom is -0.481 e. The van der Waals surface area contributed by atoms with Crippen LogP contribution < -0.4 is 5.32 Å². The molecule has 1 heterocycles. The smallest absolute Gasteiger partial charge is 0.303 e. The molecular formula is C16H21NO3S. The third-order valence-electron chi connectivity index (χ3n) is 3.71. The lowest BCUT2D eigenvalue weighted by molar-refractivity contribution is -0.137. The van der Waals surface area contributed by atoms with Gasteiger partial charge in [0, 0.05) is 18.5 Å². The number of para-hydroxylation sites is 1. The van der Waals surface area contributed by atoms with Crippen LogP contribution in [0.15, 0.2) is 24.3 Å². The van der Waals surface area contributed by atoms with Gasteiger partial charge in [-0.3, -0.25) is 9.59 Å². The molecular weight excluding hydrogens is 286 g/mol. The zero-order valence-corrected chi connectivity index (χ0v) is 12.8. The molecule has 2 rings (SSSR count). The highest BCUT2D eigenvalue weighted by atomic mass is 32.2. The Labute approximate surface area is 129 Å². The van der Waals surface area contributed by atoms with E-state index in [2.05, 4.69) is 5.32 Å². The first kappa shape index (κ1) is 15.9. The molecule has 1 aromatic rings. The number of amides is 1. The summed E-state index contributed by atoms with van der Waals surface area (Å²) in [5.74, 6) is 1.99. The highest BCUT2D eigenvalue weighted by Crippen LogP contribution is 2.26. The van der Waals surface area contributed by atoms with Gasteiger partial charge < -0.3 is 10.4 Å². The van der Waals surface area contributed by atoms with Crippen molar-refractivity contribution in [2.45, 2.75) is 32.1 Å². The average Bonchev–Trinajstić information content (AvgIpc) is 2.47. The van der Waals surface area contributed by atoms with Crippen LogP contribution >= 0.6 is 11.8 Å². The number of carbonyl (C=O) groups is 2. The number of benzene rings is 1. The van der Waals surface area contributed by atoms with Gasteiger partial charge in [0.2, 0.25) is 5.91 Å². The molecule has 2 N–H and O–H groups in total. The van der Waals surface area contributed by atoms with Crippen molar-refractivity contribution in [3.63, 3.8) is 0 Å². The summed E-state index contributed by atoms with van der Waals surface area (Å²) >= 11 is 1.95. The summed E-state index contributed by atoms with van der Waals surface area (Å²) in [7, 11) is 0. The maximum Gasteiger partial charge on any atom is 0.303 e. The lowest BCUT2D eigenvalue weighted by Gasteiger charge is -2.21. The van der Waals surface area contributed by atoms with E-state index in [1.807, 2.05) is 36.0 Å². The Bertz CT molecular complexity index is 498. The molecule has 21 heavy (non-hydrogen) atoms. The van der Waals surface area contributed by atoms with Crippen molar-refractivity contribution in [1.82, 2.24) is 0 Å². The Balaban J connectivity index is 1.91. The van der Waals surface area contributed by atoms with Crippen molar-refractivity contribution >= 4 is 29.3 Å². The van der Waals surface area contributed by atoms with E-state index in [0.29, 0.717) is 18.8 Å². The monoisotopic (exact) mass is 307 g/mol. The second-order valence-corrected chi connectivity index (χ2v) is 6.58. The van der Waals surface area contributed by atoms with Crippen LogP contribution in [0.2, 0.25) is 0 Å². The fourth-order valence-electron chi connectivity index (χ4n) is 2.52. The number of rotatable bonds is 6. The van der Waals surface area contributed by atoms with Crippen molar-refractivity contribution in [3.8, 4) is 0 Å². The third kappa shape index (κ3) is 5.42. The highest BCUT2D eigenvalue weighted by Gasteiger charge is 2.18. The van der Waals surface area contributed by atoms with Crippen LogP contribution in [0.25, 0.3) is 0 Å². The van der Waals surface area contributed by atoms with Crippen molar-refractivity contribution in [1.29, 1.82) is 0 Å². The molecule has 1 fully saturated rings. The fourth-order valence-corrected chi connectivity index (χ4v) is 3.72. The lowest BCUT2D eigenvalue weighted by Crippen LogP contribution is -2.20. The first-order valence-electron chi connectivity index (χ1n) is 7.32.